The molecule has 2 N–H and O–H groups in total. The van der Waals surface area contributed by atoms with Crippen LogP contribution in [-0.2, 0) is 6.54 Å². The third kappa shape index (κ3) is 6.95. The average Bonchev–Trinajstić information content (AvgIpc) is 3.10. The first-order valence-corrected chi connectivity index (χ1v) is 10.5. The van der Waals surface area contributed by atoms with Crippen molar-refractivity contribution in [2.24, 2.45) is 10.9 Å². The number of halogens is 1. The fourth-order valence-electron chi connectivity index (χ4n) is 3.85. The number of aliphatic imine (C=N–C) groups is 1. The van der Waals surface area contributed by atoms with Gasteiger partial charge in [-0.1, -0.05) is 18.2 Å². The molecule has 6 heteroatoms. The number of fused-ring (bicyclic) bond motifs is 1. The SMILES string of the molecule is CCNC(=NCCCn1ccc2ccccc21)NCCC1CCN(C)CC1.I. The number of piperidine rings is 1. The van der Waals surface area contributed by atoms with Crippen LogP contribution in [0, 0.1) is 5.92 Å². The molecule has 1 aromatic carbocycles. The summed E-state index contributed by atoms with van der Waals surface area (Å²) in [5.74, 6) is 1.82. The molecule has 1 aromatic heterocycles. The summed E-state index contributed by atoms with van der Waals surface area (Å²) in [7, 11) is 2.22. The lowest BCUT2D eigenvalue weighted by atomic mass is 9.94. The molecule has 0 spiro atoms. The minimum Gasteiger partial charge on any atom is -0.357 e. The van der Waals surface area contributed by atoms with Gasteiger partial charge in [0, 0.05) is 37.9 Å². The summed E-state index contributed by atoms with van der Waals surface area (Å²) in [5, 5.41) is 8.21. The van der Waals surface area contributed by atoms with E-state index in [1.54, 1.807) is 0 Å². The summed E-state index contributed by atoms with van der Waals surface area (Å²) in [5.41, 5.74) is 1.31. The second-order valence-corrected chi connectivity index (χ2v) is 7.64. The lowest BCUT2D eigenvalue weighted by Gasteiger charge is -2.29. The van der Waals surface area contributed by atoms with Crippen molar-refractivity contribution in [3.05, 3.63) is 36.5 Å². The van der Waals surface area contributed by atoms with Gasteiger partial charge in [-0.05, 0) is 76.2 Å². The van der Waals surface area contributed by atoms with Gasteiger partial charge in [-0.3, -0.25) is 4.99 Å². The van der Waals surface area contributed by atoms with Crippen LogP contribution in [0.25, 0.3) is 10.9 Å². The number of nitrogens with zero attached hydrogens (tertiary/aromatic N) is 3. The smallest absolute Gasteiger partial charge is 0.191 e. The third-order valence-corrected chi connectivity index (χ3v) is 5.53. The number of rotatable bonds is 8. The Morgan fingerprint density at radius 3 is 2.71 bits per heavy atom. The summed E-state index contributed by atoms with van der Waals surface area (Å²) in [6.07, 6.45) is 7.13. The maximum atomic E-state index is 4.76. The van der Waals surface area contributed by atoms with E-state index in [0.717, 1.165) is 44.5 Å². The second-order valence-electron chi connectivity index (χ2n) is 7.64. The molecule has 2 heterocycles. The molecular weight excluding hydrogens is 461 g/mol. The Bertz CT molecular complexity index is 719. The number of guanidine groups is 1. The number of benzene rings is 1. The van der Waals surface area contributed by atoms with E-state index in [0.29, 0.717) is 0 Å². The van der Waals surface area contributed by atoms with Gasteiger partial charge in [0.05, 0.1) is 0 Å². The number of hydrogen-bond donors (Lipinski definition) is 2. The van der Waals surface area contributed by atoms with Crippen molar-refractivity contribution in [1.82, 2.24) is 20.1 Å². The normalized spacial score (nSPS) is 16.1. The second kappa shape index (κ2) is 12.3. The van der Waals surface area contributed by atoms with Crippen molar-refractivity contribution in [3.8, 4) is 0 Å². The molecule has 0 aliphatic carbocycles. The molecule has 5 nitrogen and oxygen atoms in total. The van der Waals surface area contributed by atoms with Gasteiger partial charge in [-0.15, -0.1) is 24.0 Å². The number of likely N-dealkylation sites (tertiary alicyclic amines) is 1. The van der Waals surface area contributed by atoms with Crippen molar-refractivity contribution in [3.63, 3.8) is 0 Å². The summed E-state index contributed by atoms with van der Waals surface area (Å²) >= 11 is 0. The quantitative estimate of drug-likeness (QED) is 0.252. The van der Waals surface area contributed by atoms with Crippen LogP contribution in [-0.4, -0.2) is 55.2 Å². The lowest BCUT2D eigenvalue weighted by Crippen LogP contribution is -2.39. The maximum Gasteiger partial charge on any atom is 0.191 e. The van der Waals surface area contributed by atoms with E-state index in [1.807, 2.05) is 0 Å². The van der Waals surface area contributed by atoms with Crippen LogP contribution >= 0.6 is 24.0 Å². The molecule has 0 amide bonds. The summed E-state index contributed by atoms with van der Waals surface area (Å²) in [6.45, 7) is 8.38. The monoisotopic (exact) mass is 497 g/mol. The van der Waals surface area contributed by atoms with Crippen LogP contribution < -0.4 is 10.6 Å². The van der Waals surface area contributed by atoms with E-state index in [4.69, 9.17) is 4.99 Å². The Hall–Kier alpha value is -1.28. The van der Waals surface area contributed by atoms with Crippen LogP contribution in [0.3, 0.4) is 0 Å². The molecule has 1 fully saturated rings. The van der Waals surface area contributed by atoms with Gasteiger partial charge in [-0.25, -0.2) is 0 Å². The van der Waals surface area contributed by atoms with E-state index in [9.17, 15) is 0 Å². The predicted molar refractivity (Wildman–Crippen MR) is 131 cm³/mol. The molecule has 1 saturated heterocycles. The highest BCUT2D eigenvalue weighted by Crippen LogP contribution is 2.18. The number of hydrogen-bond acceptors (Lipinski definition) is 2. The molecular formula is C22H36IN5. The van der Waals surface area contributed by atoms with Crippen molar-refractivity contribution >= 4 is 40.8 Å². The number of aryl methyl sites for hydroxylation is 1. The Labute approximate surface area is 187 Å². The van der Waals surface area contributed by atoms with E-state index >= 15 is 0 Å². The van der Waals surface area contributed by atoms with Crippen LogP contribution in [0.5, 0.6) is 0 Å². The molecule has 28 heavy (non-hydrogen) atoms. The van der Waals surface area contributed by atoms with E-state index < -0.39 is 0 Å². The zero-order chi connectivity index (χ0) is 18.9. The Morgan fingerprint density at radius 1 is 1.14 bits per heavy atom. The largest absolute Gasteiger partial charge is 0.357 e. The van der Waals surface area contributed by atoms with Crippen molar-refractivity contribution in [2.75, 3.05) is 39.8 Å². The standard InChI is InChI=1S/C22H35N5.HI/c1-3-23-22(25-14-9-19-10-16-26(2)17-11-19)24-13-6-15-27-18-12-20-7-4-5-8-21(20)27;/h4-5,7-8,12,18-19H,3,6,9-11,13-17H2,1-2H3,(H2,23,24,25);1H. The average molecular weight is 497 g/mol. The van der Waals surface area contributed by atoms with Gasteiger partial charge in [-0.2, -0.15) is 0 Å². The topological polar surface area (TPSA) is 44.6 Å². The van der Waals surface area contributed by atoms with Crippen LogP contribution in [0.4, 0.5) is 0 Å². The zero-order valence-corrected chi connectivity index (χ0v) is 19.7. The first-order valence-electron chi connectivity index (χ1n) is 10.5. The van der Waals surface area contributed by atoms with E-state index in [2.05, 4.69) is 70.6 Å². The molecule has 3 rings (SSSR count). The maximum absolute atomic E-state index is 4.76. The van der Waals surface area contributed by atoms with E-state index in [1.165, 1.54) is 43.3 Å². The molecule has 1 aliphatic heterocycles. The van der Waals surface area contributed by atoms with Crippen LogP contribution in [0.15, 0.2) is 41.5 Å². The number of nitrogens with one attached hydrogen (secondary N) is 2. The van der Waals surface area contributed by atoms with Gasteiger partial charge in [0.15, 0.2) is 5.96 Å². The Balaban J connectivity index is 0.00000280. The fraction of sp³-hybridized carbons (Fsp3) is 0.591. The Kier molecular flexibility index (Phi) is 10.1. The number of aromatic nitrogens is 1. The molecule has 2 aromatic rings. The first-order chi connectivity index (χ1) is 13.3. The van der Waals surface area contributed by atoms with E-state index in [-0.39, 0.29) is 24.0 Å². The molecule has 0 unspecified atom stereocenters. The molecule has 0 saturated carbocycles. The van der Waals surface area contributed by atoms with Gasteiger partial charge in [0.1, 0.15) is 0 Å². The highest BCUT2D eigenvalue weighted by molar-refractivity contribution is 14.0. The Morgan fingerprint density at radius 2 is 1.93 bits per heavy atom. The van der Waals surface area contributed by atoms with Crippen molar-refractivity contribution < 1.29 is 0 Å². The van der Waals surface area contributed by atoms with Gasteiger partial charge in [0.2, 0.25) is 0 Å². The van der Waals surface area contributed by atoms with Gasteiger partial charge in [0.25, 0.3) is 0 Å². The summed E-state index contributed by atoms with van der Waals surface area (Å²) < 4.78 is 2.32. The third-order valence-electron chi connectivity index (χ3n) is 5.53. The van der Waals surface area contributed by atoms with Crippen molar-refractivity contribution in [1.29, 1.82) is 0 Å². The van der Waals surface area contributed by atoms with Crippen LogP contribution in [0.2, 0.25) is 0 Å². The molecule has 1 aliphatic rings. The van der Waals surface area contributed by atoms with Gasteiger partial charge >= 0.3 is 0 Å². The zero-order valence-electron chi connectivity index (χ0n) is 17.4. The minimum atomic E-state index is 0. The predicted octanol–water partition coefficient (Wildman–Crippen LogP) is 3.94. The fourth-order valence-corrected chi connectivity index (χ4v) is 3.85. The molecule has 0 atom stereocenters. The summed E-state index contributed by atoms with van der Waals surface area (Å²) in [6, 6.07) is 10.7. The first kappa shape index (κ1) is 23.0. The number of para-hydroxylation sites is 1. The van der Waals surface area contributed by atoms with Crippen LogP contribution in [0.1, 0.15) is 32.6 Å². The highest BCUT2D eigenvalue weighted by Gasteiger charge is 2.16. The highest BCUT2D eigenvalue weighted by atomic mass is 127. The molecule has 0 bridgehead atoms. The minimum absolute atomic E-state index is 0. The van der Waals surface area contributed by atoms with Crippen molar-refractivity contribution in [2.45, 2.75) is 39.2 Å². The summed E-state index contributed by atoms with van der Waals surface area (Å²) in [4.78, 5) is 7.19. The molecule has 156 valence electrons. The molecule has 0 radical (unpaired) electrons. The lowest BCUT2D eigenvalue weighted by molar-refractivity contribution is 0.213. The van der Waals surface area contributed by atoms with Gasteiger partial charge < -0.3 is 20.1 Å².